The molecule has 156 valence electrons. The maximum absolute atomic E-state index is 12.0. The molecule has 0 aliphatic rings. The van der Waals surface area contributed by atoms with Gasteiger partial charge in [0, 0.05) is 0 Å². The standard InChI is InChI=1S/C24H30O5/c1-6-28-23(25)24(2,3)14-15-29-22-17-19(12-13-21(22)27-5)11-10-18-8-7-9-20(16-18)26-4/h7-13,16-17H,6,14-15H2,1-5H3/b11-10+. The summed E-state index contributed by atoms with van der Waals surface area (Å²) in [4.78, 5) is 12.0. The third kappa shape index (κ3) is 6.56. The highest BCUT2D eigenvalue weighted by atomic mass is 16.5. The summed E-state index contributed by atoms with van der Waals surface area (Å²) in [5.74, 6) is 1.89. The number of benzene rings is 2. The highest BCUT2D eigenvalue weighted by Crippen LogP contribution is 2.30. The van der Waals surface area contributed by atoms with Gasteiger partial charge in [-0.15, -0.1) is 0 Å². The zero-order valence-electron chi connectivity index (χ0n) is 17.9. The Morgan fingerprint density at radius 2 is 1.69 bits per heavy atom. The van der Waals surface area contributed by atoms with Crippen LogP contribution in [0.25, 0.3) is 12.2 Å². The molecule has 29 heavy (non-hydrogen) atoms. The van der Waals surface area contributed by atoms with Crippen molar-refractivity contribution in [2.45, 2.75) is 27.2 Å². The molecule has 2 aromatic carbocycles. The highest BCUT2D eigenvalue weighted by Gasteiger charge is 2.29. The molecule has 0 aliphatic heterocycles. The summed E-state index contributed by atoms with van der Waals surface area (Å²) in [6, 6.07) is 13.6. The van der Waals surface area contributed by atoms with Crippen LogP contribution >= 0.6 is 0 Å². The summed E-state index contributed by atoms with van der Waals surface area (Å²) in [6.07, 6.45) is 4.56. The summed E-state index contributed by atoms with van der Waals surface area (Å²) in [7, 11) is 3.26. The summed E-state index contributed by atoms with van der Waals surface area (Å²) >= 11 is 0. The van der Waals surface area contributed by atoms with Gasteiger partial charge >= 0.3 is 5.97 Å². The Bertz CT molecular complexity index is 839. The van der Waals surface area contributed by atoms with E-state index in [2.05, 4.69) is 0 Å². The first-order valence-electron chi connectivity index (χ1n) is 9.70. The molecule has 0 saturated heterocycles. The Morgan fingerprint density at radius 1 is 0.966 bits per heavy atom. The monoisotopic (exact) mass is 398 g/mol. The summed E-state index contributed by atoms with van der Waals surface area (Å²) in [6.45, 7) is 6.28. The van der Waals surface area contributed by atoms with E-state index < -0.39 is 5.41 Å². The van der Waals surface area contributed by atoms with Crippen molar-refractivity contribution in [2.24, 2.45) is 5.41 Å². The molecule has 0 unspecified atom stereocenters. The number of hydrogen-bond acceptors (Lipinski definition) is 5. The molecule has 0 atom stereocenters. The average molecular weight is 398 g/mol. The van der Waals surface area contributed by atoms with Gasteiger partial charge in [-0.25, -0.2) is 0 Å². The number of methoxy groups -OCH3 is 2. The number of ether oxygens (including phenoxy) is 4. The quantitative estimate of drug-likeness (QED) is 0.405. The predicted molar refractivity (Wildman–Crippen MR) is 115 cm³/mol. The average Bonchev–Trinajstić information content (AvgIpc) is 2.72. The number of rotatable bonds is 10. The van der Waals surface area contributed by atoms with Crippen LogP contribution in [0.15, 0.2) is 42.5 Å². The molecule has 0 spiro atoms. The van der Waals surface area contributed by atoms with Crippen LogP contribution in [-0.2, 0) is 9.53 Å². The zero-order valence-corrected chi connectivity index (χ0v) is 17.9. The van der Waals surface area contributed by atoms with Crippen LogP contribution in [0.3, 0.4) is 0 Å². The van der Waals surface area contributed by atoms with Gasteiger partial charge in [0.2, 0.25) is 0 Å². The van der Waals surface area contributed by atoms with Crippen LogP contribution in [0.4, 0.5) is 0 Å². The molecular formula is C24H30O5. The molecule has 2 aromatic rings. The first-order chi connectivity index (χ1) is 13.9. The smallest absolute Gasteiger partial charge is 0.311 e. The summed E-state index contributed by atoms with van der Waals surface area (Å²) < 4.78 is 21.7. The van der Waals surface area contributed by atoms with Gasteiger partial charge in [-0.1, -0.05) is 30.4 Å². The van der Waals surface area contributed by atoms with E-state index in [0.717, 1.165) is 16.9 Å². The lowest BCUT2D eigenvalue weighted by Gasteiger charge is -2.22. The molecule has 0 amide bonds. The van der Waals surface area contributed by atoms with Crippen LogP contribution in [0.1, 0.15) is 38.3 Å². The molecule has 0 bridgehead atoms. The SMILES string of the molecule is CCOC(=O)C(C)(C)CCOc1cc(/C=C/c2cccc(OC)c2)ccc1OC. The fourth-order valence-electron chi connectivity index (χ4n) is 2.69. The molecule has 0 aromatic heterocycles. The largest absolute Gasteiger partial charge is 0.497 e. The van der Waals surface area contributed by atoms with Crippen molar-refractivity contribution in [3.05, 3.63) is 53.6 Å². The molecule has 0 saturated carbocycles. The summed E-state index contributed by atoms with van der Waals surface area (Å²) in [5.41, 5.74) is 1.42. The topological polar surface area (TPSA) is 54.0 Å². The second-order valence-electron chi connectivity index (χ2n) is 7.22. The van der Waals surface area contributed by atoms with Crippen LogP contribution in [0.5, 0.6) is 17.2 Å². The fraction of sp³-hybridized carbons (Fsp3) is 0.375. The third-order valence-electron chi connectivity index (χ3n) is 4.56. The van der Waals surface area contributed by atoms with Crippen LogP contribution in [-0.4, -0.2) is 33.4 Å². The molecule has 5 heteroatoms. The number of carbonyl (C=O) groups excluding carboxylic acids is 1. The fourth-order valence-corrected chi connectivity index (χ4v) is 2.69. The van der Waals surface area contributed by atoms with Crippen molar-refractivity contribution in [3.8, 4) is 17.2 Å². The van der Waals surface area contributed by atoms with Crippen molar-refractivity contribution < 1.29 is 23.7 Å². The van der Waals surface area contributed by atoms with Crippen molar-refractivity contribution in [3.63, 3.8) is 0 Å². The molecule has 0 fully saturated rings. The van der Waals surface area contributed by atoms with Crippen molar-refractivity contribution in [1.29, 1.82) is 0 Å². The maximum Gasteiger partial charge on any atom is 0.311 e. The van der Waals surface area contributed by atoms with Gasteiger partial charge in [-0.2, -0.15) is 0 Å². The van der Waals surface area contributed by atoms with Gasteiger partial charge in [0.05, 0.1) is 32.8 Å². The Kier molecular flexibility index (Phi) is 8.13. The Balaban J connectivity index is 2.08. The van der Waals surface area contributed by atoms with Crippen molar-refractivity contribution in [1.82, 2.24) is 0 Å². The molecule has 0 N–H and O–H groups in total. The minimum absolute atomic E-state index is 0.217. The van der Waals surface area contributed by atoms with E-state index in [0.29, 0.717) is 31.1 Å². The van der Waals surface area contributed by atoms with E-state index in [1.165, 1.54) is 0 Å². The van der Waals surface area contributed by atoms with E-state index in [9.17, 15) is 4.79 Å². The van der Waals surface area contributed by atoms with Crippen LogP contribution in [0.2, 0.25) is 0 Å². The van der Waals surface area contributed by atoms with Gasteiger partial charge in [0.25, 0.3) is 0 Å². The molecule has 5 nitrogen and oxygen atoms in total. The Labute approximate surface area is 173 Å². The van der Waals surface area contributed by atoms with E-state index in [1.807, 2.05) is 68.5 Å². The second kappa shape index (κ2) is 10.6. The lowest BCUT2D eigenvalue weighted by Crippen LogP contribution is -2.28. The number of esters is 1. The Morgan fingerprint density at radius 3 is 2.34 bits per heavy atom. The van der Waals surface area contributed by atoms with Gasteiger partial charge in [-0.05, 0) is 62.6 Å². The van der Waals surface area contributed by atoms with Crippen molar-refractivity contribution >= 4 is 18.1 Å². The second-order valence-corrected chi connectivity index (χ2v) is 7.22. The van der Waals surface area contributed by atoms with Crippen LogP contribution < -0.4 is 14.2 Å². The minimum atomic E-state index is -0.604. The van der Waals surface area contributed by atoms with E-state index in [1.54, 1.807) is 21.1 Å². The van der Waals surface area contributed by atoms with Gasteiger partial charge in [0.15, 0.2) is 11.5 Å². The number of hydrogen-bond donors (Lipinski definition) is 0. The lowest BCUT2D eigenvalue weighted by atomic mass is 9.90. The third-order valence-corrected chi connectivity index (χ3v) is 4.56. The van der Waals surface area contributed by atoms with E-state index >= 15 is 0 Å². The van der Waals surface area contributed by atoms with E-state index in [-0.39, 0.29) is 5.97 Å². The van der Waals surface area contributed by atoms with Crippen molar-refractivity contribution in [2.75, 3.05) is 27.4 Å². The van der Waals surface area contributed by atoms with E-state index in [4.69, 9.17) is 18.9 Å². The zero-order chi connectivity index (χ0) is 21.3. The van der Waals surface area contributed by atoms with Crippen LogP contribution in [0, 0.1) is 5.41 Å². The lowest BCUT2D eigenvalue weighted by molar-refractivity contribution is -0.154. The van der Waals surface area contributed by atoms with Gasteiger partial charge in [-0.3, -0.25) is 4.79 Å². The maximum atomic E-state index is 12.0. The Hall–Kier alpha value is -2.95. The predicted octanol–water partition coefficient (Wildman–Crippen LogP) is 5.23. The molecular weight excluding hydrogens is 368 g/mol. The molecule has 0 radical (unpaired) electrons. The first kappa shape index (κ1) is 22.3. The van der Waals surface area contributed by atoms with Gasteiger partial charge < -0.3 is 18.9 Å². The highest BCUT2D eigenvalue weighted by molar-refractivity contribution is 5.75. The minimum Gasteiger partial charge on any atom is -0.497 e. The molecule has 2 rings (SSSR count). The van der Waals surface area contributed by atoms with Gasteiger partial charge in [0.1, 0.15) is 5.75 Å². The summed E-state index contributed by atoms with van der Waals surface area (Å²) in [5, 5.41) is 0. The first-order valence-corrected chi connectivity index (χ1v) is 9.70. The number of carbonyl (C=O) groups is 1. The molecule has 0 heterocycles. The molecule has 0 aliphatic carbocycles. The normalized spacial score (nSPS) is 11.3.